The van der Waals surface area contributed by atoms with E-state index in [1.165, 1.54) is 10.9 Å². The summed E-state index contributed by atoms with van der Waals surface area (Å²) in [6.07, 6.45) is 0.927. The van der Waals surface area contributed by atoms with Crippen LogP contribution in [0, 0.1) is 0 Å². The number of hydrogen-bond donors (Lipinski definition) is 1. The SMILES string of the molecule is Oc1ccccc1-c1ccccc1P1Cc2ccccc2O1. The lowest BCUT2D eigenvalue weighted by atomic mass is 10.0. The van der Waals surface area contributed by atoms with Crippen molar-refractivity contribution in [3.05, 3.63) is 78.4 Å². The van der Waals surface area contributed by atoms with Crippen molar-refractivity contribution in [2.45, 2.75) is 6.16 Å². The molecule has 0 fully saturated rings. The molecule has 1 unspecified atom stereocenters. The first-order valence-electron chi connectivity index (χ1n) is 7.24. The number of hydrogen-bond acceptors (Lipinski definition) is 2. The normalized spacial score (nSPS) is 16.1. The minimum Gasteiger partial charge on any atom is -0.507 e. The molecular formula is C19H15O2P. The number of para-hydroxylation sites is 2. The standard InChI is InChI=1S/C19H15O2P/c20-17-10-4-2-8-15(17)16-9-3-6-12-19(16)22-13-14-7-1-5-11-18(14)21-22/h1-12,20H,13H2. The second kappa shape index (κ2) is 5.47. The minimum absolute atomic E-state index is 0.307. The molecular weight excluding hydrogens is 291 g/mol. The second-order valence-electron chi connectivity index (χ2n) is 5.27. The highest BCUT2D eigenvalue weighted by atomic mass is 31.1. The third kappa shape index (κ3) is 2.26. The number of aromatic hydroxyl groups is 1. The van der Waals surface area contributed by atoms with Gasteiger partial charge in [0.25, 0.3) is 0 Å². The van der Waals surface area contributed by atoms with Gasteiger partial charge >= 0.3 is 0 Å². The molecule has 0 spiro atoms. The third-order valence-electron chi connectivity index (χ3n) is 3.86. The molecule has 3 heteroatoms. The van der Waals surface area contributed by atoms with E-state index in [-0.39, 0.29) is 0 Å². The minimum atomic E-state index is -0.735. The summed E-state index contributed by atoms with van der Waals surface area (Å²) >= 11 is 0. The molecule has 0 saturated heterocycles. The molecule has 1 heterocycles. The zero-order chi connectivity index (χ0) is 14.9. The van der Waals surface area contributed by atoms with Crippen LogP contribution in [0.5, 0.6) is 11.5 Å². The maximum absolute atomic E-state index is 10.2. The lowest BCUT2D eigenvalue weighted by Gasteiger charge is -2.16. The summed E-state index contributed by atoms with van der Waals surface area (Å²) in [6, 6.07) is 23.9. The highest BCUT2D eigenvalue weighted by molar-refractivity contribution is 7.61. The first kappa shape index (κ1) is 13.4. The van der Waals surface area contributed by atoms with E-state index in [1.54, 1.807) is 6.07 Å². The van der Waals surface area contributed by atoms with Gasteiger partial charge in [0, 0.05) is 22.6 Å². The average Bonchev–Trinajstić information content (AvgIpc) is 2.99. The quantitative estimate of drug-likeness (QED) is 0.697. The number of rotatable bonds is 2. The molecule has 0 bridgehead atoms. The molecule has 1 N–H and O–H groups in total. The van der Waals surface area contributed by atoms with Crippen LogP contribution in [-0.4, -0.2) is 5.11 Å². The van der Waals surface area contributed by atoms with Gasteiger partial charge in [-0.2, -0.15) is 0 Å². The van der Waals surface area contributed by atoms with E-state index in [1.807, 2.05) is 42.5 Å². The number of phenolic OH excluding ortho intramolecular Hbond substituents is 1. The van der Waals surface area contributed by atoms with Gasteiger partial charge in [0.2, 0.25) is 0 Å². The van der Waals surface area contributed by atoms with Crippen LogP contribution in [0.1, 0.15) is 5.56 Å². The van der Waals surface area contributed by atoms with Gasteiger partial charge in [0.05, 0.1) is 0 Å². The summed E-state index contributed by atoms with van der Waals surface area (Å²) in [7, 11) is -0.735. The molecule has 22 heavy (non-hydrogen) atoms. The summed E-state index contributed by atoms with van der Waals surface area (Å²) < 4.78 is 6.18. The summed E-state index contributed by atoms with van der Waals surface area (Å²) in [4.78, 5) is 0. The molecule has 0 radical (unpaired) electrons. The molecule has 3 aromatic rings. The van der Waals surface area contributed by atoms with E-state index in [4.69, 9.17) is 4.52 Å². The largest absolute Gasteiger partial charge is 0.507 e. The maximum atomic E-state index is 10.2. The van der Waals surface area contributed by atoms with Gasteiger partial charge in [-0.15, -0.1) is 0 Å². The summed E-state index contributed by atoms with van der Waals surface area (Å²) in [5, 5.41) is 11.3. The Hall–Kier alpha value is -2.31. The van der Waals surface area contributed by atoms with E-state index in [2.05, 4.69) is 24.3 Å². The van der Waals surface area contributed by atoms with Gasteiger partial charge in [-0.3, -0.25) is 0 Å². The molecule has 4 rings (SSSR count). The van der Waals surface area contributed by atoms with Gasteiger partial charge in [0.15, 0.2) is 0 Å². The van der Waals surface area contributed by atoms with E-state index in [9.17, 15) is 5.11 Å². The van der Waals surface area contributed by atoms with Crippen LogP contribution in [0.15, 0.2) is 72.8 Å². The van der Waals surface area contributed by atoms with Crippen LogP contribution < -0.4 is 9.83 Å². The van der Waals surface area contributed by atoms with Crippen molar-refractivity contribution in [3.63, 3.8) is 0 Å². The Morgan fingerprint density at radius 3 is 2.27 bits per heavy atom. The first-order chi connectivity index (χ1) is 10.8. The van der Waals surface area contributed by atoms with Gasteiger partial charge in [0.1, 0.15) is 19.6 Å². The predicted octanol–water partition coefficient (Wildman–Crippen LogP) is 4.67. The number of fused-ring (bicyclic) bond motifs is 1. The zero-order valence-electron chi connectivity index (χ0n) is 11.9. The predicted molar refractivity (Wildman–Crippen MR) is 90.9 cm³/mol. The van der Waals surface area contributed by atoms with E-state index < -0.39 is 8.15 Å². The fourth-order valence-electron chi connectivity index (χ4n) is 2.78. The topological polar surface area (TPSA) is 29.5 Å². The summed E-state index contributed by atoms with van der Waals surface area (Å²) in [5.41, 5.74) is 3.18. The van der Waals surface area contributed by atoms with E-state index in [0.717, 1.165) is 23.0 Å². The molecule has 3 aromatic carbocycles. The van der Waals surface area contributed by atoms with Crippen molar-refractivity contribution in [1.29, 1.82) is 0 Å². The molecule has 1 aliphatic heterocycles. The molecule has 0 saturated carbocycles. The van der Waals surface area contributed by atoms with Crippen LogP contribution in [0.2, 0.25) is 0 Å². The lowest BCUT2D eigenvalue weighted by Crippen LogP contribution is -2.07. The Kier molecular flexibility index (Phi) is 3.32. The molecule has 108 valence electrons. The van der Waals surface area contributed by atoms with Gasteiger partial charge in [-0.25, -0.2) is 0 Å². The molecule has 2 nitrogen and oxygen atoms in total. The highest BCUT2D eigenvalue weighted by Gasteiger charge is 2.27. The van der Waals surface area contributed by atoms with Crippen molar-refractivity contribution in [3.8, 4) is 22.6 Å². The van der Waals surface area contributed by atoms with Crippen LogP contribution in [0.25, 0.3) is 11.1 Å². The summed E-state index contributed by atoms with van der Waals surface area (Å²) in [5.74, 6) is 1.29. The summed E-state index contributed by atoms with van der Waals surface area (Å²) in [6.45, 7) is 0. The molecule has 1 aliphatic rings. The molecule has 0 aromatic heterocycles. The molecule has 0 aliphatic carbocycles. The highest BCUT2D eigenvalue weighted by Crippen LogP contribution is 2.51. The van der Waals surface area contributed by atoms with Crippen LogP contribution >= 0.6 is 8.15 Å². The van der Waals surface area contributed by atoms with Gasteiger partial charge < -0.3 is 9.63 Å². The smallest absolute Gasteiger partial charge is 0.127 e. The van der Waals surface area contributed by atoms with Crippen molar-refractivity contribution in [2.75, 3.05) is 0 Å². The van der Waals surface area contributed by atoms with Crippen LogP contribution in [-0.2, 0) is 6.16 Å². The fourth-order valence-corrected chi connectivity index (χ4v) is 4.82. The van der Waals surface area contributed by atoms with Crippen molar-refractivity contribution < 1.29 is 9.63 Å². The third-order valence-corrected chi connectivity index (χ3v) is 5.83. The second-order valence-corrected chi connectivity index (χ2v) is 7.01. The van der Waals surface area contributed by atoms with Crippen LogP contribution in [0.4, 0.5) is 0 Å². The zero-order valence-corrected chi connectivity index (χ0v) is 12.8. The first-order valence-corrected chi connectivity index (χ1v) is 8.68. The number of benzene rings is 3. The maximum Gasteiger partial charge on any atom is 0.127 e. The molecule has 0 amide bonds. The Morgan fingerprint density at radius 2 is 1.45 bits per heavy atom. The van der Waals surface area contributed by atoms with Crippen molar-refractivity contribution >= 4 is 13.5 Å². The van der Waals surface area contributed by atoms with Crippen molar-refractivity contribution in [2.24, 2.45) is 0 Å². The fraction of sp³-hybridized carbons (Fsp3) is 0.0526. The van der Waals surface area contributed by atoms with E-state index in [0.29, 0.717) is 5.75 Å². The van der Waals surface area contributed by atoms with Gasteiger partial charge in [-0.05, 0) is 17.7 Å². The lowest BCUT2D eigenvalue weighted by molar-refractivity contribution is 0.477. The van der Waals surface area contributed by atoms with Crippen LogP contribution in [0.3, 0.4) is 0 Å². The Morgan fingerprint density at radius 1 is 0.773 bits per heavy atom. The Balaban J connectivity index is 1.77. The average molecular weight is 306 g/mol. The monoisotopic (exact) mass is 306 g/mol. The Labute approximate surface area is 130 Å². The number of phenols is 1. The van der Waals surface area contributed by atoms with E-state index >= 15 is 0 Å². The molecule has 1 atom stereocenters. The van der Waals surface area contributed by atoms with Gasteiger partial charge in [-0.1, -0.05) is 60.7 Å². The Bertz CT molecular complexity index is 804. The van der Waals surface area contributed by atoms with Crippen molar-refractivity contribution in [1.82, 2.24) is 0 Å².